The van der Waals surface area contributed by atoms with Gasteiger partial charge in [-0.25, -0.2) is 0 Å². The first-order valence-electron chi connectivity index (χ1n) is 8.38. The highest BCUT2D eigenvalue weighted by molar-refractivity contribution is 7.12. The van der Waals surface area contributed by atoms with Crippen molar-refractivity contribution in [2.75, 3.05) is 13.7 Å². The Labute approximate surface area is 157 Å². The molecule has 2 amide bonds. The Morgan fingerprint density at radius 2 is 1.85 bits per heavy atom. The van der Waals surface area contributed by atoms with Crippen molar-refractivity contribution in [3.63, 3.8) is 0 Å². The minimum absolute atomic E-state index is 0.341. The van der Waals surface area contributed by atoms with Gasteiger partial charge in [-0.1, -0.05) is 13.8 Å². The molecular formula is C19H24N2O4S. The maximum atomic E-state index is 12.3. The van der Waals surface area contributed by atoms with Gasteiger partial charge in [0.05, 0.1) is 18.6 Å². The molecule has 2 N–H and O–H groups in total. The lowest BCUT2D eigenvalue weighted by Crippen LogP contribution is -2.41. The van der Waals surface area contributed by atoms with Crippen LogP contribution in [0.5, 0.6) is 11.5 Å². The number of hydrazine groups is 1. The fourth-order valence-electron chi connectivity index (χ4n) is 2.18. The van der Waals surface area contributed by atoms with Crippen molar-refractivity contribution in [1.29, 1.82) is 0 Å². The van der Waals surface area contributed by atoms with Crippen LogP contribution in [0.15, 0.2) is 29.6 Å². The molecule has 0 unspecified atom stereocenters. The summed E-state index contributed by atoms with van der Waals surface area (Å²) in [5.74, 6) is 0.831. The largest absolute Gasteiger partial charge is 0.493 e. The molecule has 1 heterocycles. The van der Waals surface area contributed by atoms with E-state index >= 15 is 0 Å². The lowest BCUT2D eigenvalue weighted by atomic mass is 10.1. The summed E-state index contributed by atoms with van der Waals surface area (Å²) < 4.78 is 11.0. The van der Waals surface area contributed by atoms with Crippen LogP contribution in [0, 0.1) is 12.8 Å². The highest BCUT2D eigenvalue weighted by atomic mass is 32.1. The topological polar surface area (TPSA) is 76.7 Å². The van der Waals surface area contributed by atoms with Crippen LogP contribution in [0.2, 0.25) is 0 Å². The highest BCUT2D eigenvalue weighted by Crippen LogP contribution is 2.28. The summed E-state index contributed by atoms with van der Waals surface area (Å²) in [6.45, 7) is 6.67. The van der Waals surface area contributed by atoms with Crippen molar-refractivity contribution in [2.45, 2.75) is 27.2 Å². The van der Waals surface area contributed by atoms with E-state index in [0.717, 1.165) is 12.0 Å². The zero-order chi connectivity index (χ0) is 19.1. The summed E-state index contributed by atoms with van der Waals surface area (Å²) in [6.07, 6.45) is 0.930. The summed E-state index contributed by atoms with van der Waals surface area (Å²) >= 11 is 1.32. The zero-order valence-electron chi connectivity index (χ0n) is 15.4. The Hall–Kier alpha value is -2.54. The second-order valence-electron chi connectivity index (χ2n) is 6.24. The summed E-state index contributed by atoms with van der Waals surface area (Å²) in [5, 5.41) is 1.83. The molecule has 2 aromatic rings. The van der Waals surface area contributed by atoms with E-state index in [9.17, 15) is 9.59 Å². The van der Waals surface area contributed by atoms with Crippen molar-refractivity contribution in [2.24, 2.45) is 5.92 Å². The molecule has 0 atom stereocenters. The molecule has 0 saturated heterocycles. The van der Waals surface area contributed by atoms with Crippen LogP contribution < -0.4 is 20.3 Å². The Bertz CT molecular complexity index is 771. The van der Waals surface area contributed by atoms with E-state index in [0.29, 0.717) is 34.5 Å². The van der Waals surface area contributed by atoms with E-state index in [1.54, 1.807) is 18.2 Å². The lowest BCUT2D eigenvalue weighted by molar-refractivity contribution is 0.0848. The summed E-state index contributed by atoms with van der Waals surface area (Å²) in [6, 6.07) is 6.76. The molecule has 26 heavy (non-hydrogen) atoms. The van der Waals surface area contributed by atoms with Crippen molar-refractivity contribution in [3.8, 4) is 11.5 Å². The number of aryl methyl sites for hydroxylation is 1. The van der Waals surface area contributed by atoms with Gasteiger partial charge < -0.3 is 9.47 Å². The van der Waals surface area contributed by atoms with Gasteiger partial charge in [0.1, 0.15) is 0 Å². The SMILES string of the molecule is COc1cc(C(=O)NNC(=O)c2sccc2C)ccc1OCCC(C)C. The van der Waals surface area contributed by atoms with Gasteiger partial charge in [-0.15, -0.1) is 11.3 Å². The van der Waals surface area contributed by atoms with Crippen LogP contribution in [-0.2, 0) is 0 Å². The Kier molecular flexibility index (Phi) is 7.03. The van der Waals surface area contributed by atoms with Crippen LogP contribution in [0.3, 0.4) is 0 Å². The molecule has 0 saturated carbocycles. The fourth-order valence-corrected chi connectivity index (χ4v) is 3.00. The van der Waals surface area contributed by atoms with E-state index in [-0.39, 0.29) is 5.91 Å². The molecule has 0 aliphatic heterocycles. The van der Waals surface area contributed by atoms with Gasteiger partial charge in [-0.3, -0.25) is 20.4 Å². The van der Waals surface area contributed by atoms with Crippen molar-refractivity contribution >= 4 is 23.2 Å². The average Bonchev–Trinajstić information content (AvgIpc) is 3.05. The third kappa shape index (κ3) is 5.23. The minimum Gasteiger partial charge on any atom is -0.493 e. The van der Waals surface area contributed by atoms with E-state index in [4.69, 9.17) is 9.47 Å². The number of nitrogens with one attached hydrogen (secondary N) is 2. The molecule has 0 aliphatic carbocycles. The molecule has 140 valence electrons. The van der Waals surface area contributed by atoms with Crippen molar-refractivity contribution in [1.82, 2.24) is 10.9 Å². The van der Waals surface area contributed by atoms with Gasteiger partial charge in [-0.05, 0) is 54.5 Å². The van der Waals surface area contributed by atoms with E-state index in [1.165, 1.54) is 18.4 Å². The van der Waals surface area contributed by atoms with E-state index in [1.807, 2.05) is 18.4 Å². The number of carbonyl (C=O) groups is 2. The first kappa shape index (κ1) is 19.8. The third-order valence-corrected chi connectivity index (χ3v) is 4.75. The van der Waals surface area contributed by atoms with Gasteiger partial charge in [0.15, 0.2) is 11.5 Å². The Morgan fingerprint density at radius 1 is 1.12 bits per heavy atom. The van der Waals surface area contributed by atoms with Crippen molar-refractivity contribution < 1.29 is 19.1 Å². The minimum atomic E-state index is -0.431. The molecule has 0 fully saturated rings. The first-order chi connectivity index (χ1) is 12.4. The molecule has 0 radical (unpaired) electrons. The quantitative estimate of drug-likeness (QED) is 0.725. The summed E-state index contributed by atoms with van der Waals surface area (Å²) in [5.41, 5.74) is 6.07. The first-order valence-corrected chi connectivity index (χ1v) is 9.26. The van der Waals surface area contributed by atoms with Gasteiger partial charge >= 0.3 is 0 Å². The maximum absolute atomic E-state index is 12.3. The number of carbonyl (C=O) groups excluding carboxylic acids is 2. The Balaban J connectivity index is 1.98. The van der Waals surface area contributed by atoms with Gasteiger partial charge in [0.25, 0.3) is 11.8 Å². The van der Waals surface area contributed by atoms with Crippen LogP contribution in [0.4, 0.5) is 0 Å². The summed E-state index contributed by atoms with van der Waals surface area (Å²) in [7, 11) is 1.52. The van der Waals surface area contributed by atoms with E-state index < -0.39 is 5.91 Å². The predicted octanol–water partition coefficient (Wildman–Crippen LogP) is 3.56. The number of thiophene rings is 1. The molecule has 7 heteroatoms. The second-order valence-corrected chi connectivity index (χ2v) is 7.15. The van der Waals surface area contributed by atoms with Crippen LogP contribution in [-0.4, -0.2) is 25.5 Å². The van der Waals surface area contributed by atoms with Crippen LogP contribution in [0.1, 0.15) is 45.9 Å². The molecule has 6 nitrogen and oxygen atoms in total. The number of rotatable bonds is 7. The van der Waals surface area contributed by atoms with Crippen molar-refractivity contribution in [3.05, 3.63) is 45.6 Å². The van der Waals surface area contributed by atoms with Crippen LogP contribution in [0.25, 0.3) is 0 Å². The molecule has 1 aromatic carbocycles. The summed E-state index contributed by atoms with van der Waals surface area (Å²) in [4.78, 5) is 24.9. The number of methoxy groups -OCH3 is 1. The molecule has 0 aliphatic rings. The number of hydrogen-bond donors (Lipinski definition) is 2. The monoisotopic (exact) mass is 376 g/mol. The smallest absolute Gasteiger partial charge is 0.280 e. The number of benzene rings is 1. The van der Waals surface area contributed by atoms with Crippen LogP contribution >= 0.6 is 11.3 Å². The highest BCUT2D eigenvalue weighted by Gasteiger charge is 2.14. The van der Waals surface area contributed by atoms with Gasteiger partial charge in [0, 0.05) is 5.56 Å². The zero-order valence-corrected chi connectivity index (χ0v) is 16.2. The maximum Gasteiger partial charge on any atom is 0.280 e. The second kappa shape index (κ2) is 9.24. The molecule has 2 rings (SSSR count). The van der Waals surface area contributed by atoms with E-state index in [2.05, 4.69) is 24.7 Å². The number of hydrogen-bond acceptors (Lipinski definition) is 5. The lowest BCUT2D eigenvalue weighted by Gasteiger charge is -2.13. The molecular weight excluding hydrogens is 352 g/mol. The third-order valence-electron chi connectivity index (χ3n) is 3.74. The molecule has 1 aromatic heterocycles. The predicted molar refractivity (Wildman–Crippen MR) is 102 cm³/mol. The average molecular weight is 376 g/mol. The number of amides is 2. The Morgan fingerprint density at radius 3 is 2.46 bits per heavy atom. The number of ether oxygens (including phenoxy) is 2. The van der Waals surface area contributed by atoms with Gasteiger partial charge in [-0.2, -0.15) is 0 Å². The fraction of sp³-hybridized carbons (Fsp3) is 0.368. The normalized spacial score (nSPS) is 10.5. The molecule has 0 bridgehead atoms. The standard InChI is InChI=1S/C19H24N2O4S/c1-12(2)7-9-25-15-6-5-14(11-16(15)24-4)18(22)20-21-19(23)17-13(3)8-10-26-17/h5-6,8,10-12H,7,9H2,1-4H3,(H,20,22)(H,21,23). The van der Waals surface area contributed by atoms with Gasteiger partial charge in [0.2, 0.25) is 0 Å². The molecule has 0 spiro atoms.